The fourth-order valence-corrected chi connectivity index (χ4v) is 5.01. The zero-order valence-electron chi connectivity index (χ0n) is 18.6. The van der Waals surface area contributed by atoms with Gasteiger partial charge in [-0.05, 0) is 50.5 Å². The van der Waals surface area contributed by atoms with Crippen LogP contribution < -0.4 is 10.6 Å². The number of ketones is 2. The maximum atomic E-state index is 13.6. The first-order valence-corrected chi connectivity index (χ1v) is 11.5. The van der Waals surface area contributed by atoms with Gasteiger partial charge in [0.15, 0.2) is 11.6 Å². The molecule has 2 N–H and O–H groups in total. The maximum absolute atomic E-state index is 13.6. The van der Waals surface area contributed by atoms with E-state index in [0.29, 0.717) is 34.0 Å². The quantitative estimate of drug-likeness (QED) is 0.389. The largest absolute Gasteiger partial charge is 0.382 e. The van der Waals surface area contributed by atoms with Gasteiger partial charge in [0.25, 0.3) is 0 Å². The molecule has 0 spiro atoms. The van der Waals surface area contributed by atoms with Crippen LogP contribution in [0, 0.1) is 13.8 Å². The van der Waals surface area contributed by atoms with Crippen LogP contribution in [0.15, 0.2) is 54.6 Å². The molecule has 0 bridgehead atoms. The van der Waals surface area contributed by atoms with Crippen molar-refractivity contribution in [1.29, 1.82) is 0 Å². The molecule has 5 rings (SSSR count). The Morgan fingerprint density at radius 3 is 1.97 bits per heavy atom. The molecule has 0 amide bonds. The summed E-state index contributed by atoms with van der Waals surface area (Å²) in [6.45, 7) is 4.10. The monoisotopic (exact) mass is 424 g/mol. The normalized spacial score (nSPS) is 15.8. The van der Waals surface area contributed by atoms with Crippen molar-refractivity contribution in [2.24, 2.45) is 0 Å². The number of hydrogen-bond donors (Lipinski definition) is 2. The van der Waals surface area contributed by atoms with Gasteiger partial charge in [0, 0.05) is 28.5 Å². The summed E-state index contributed by atoms with van der Waals surface area (Å²) in [5.74, 6) is -0.187. The summed E-state index contributed by atoms with van der Waals surface area (Å²) in [5.41, 5.74) is 6.58. The highest BCUT2D eigenvalue weighted by molar-refractivity contribution is 6.32. The zero-order valence-corrected chi connectivity index (χ0v) is 18.6. The average molecular weight is 425 g/mol. The molecule has 3 aromatic carbocycles. The zero-order chi connectivity index (χ0) is 22.2. The molecule has 0 aromatic heterocycles. The van der Waals surface area contributed by atoms with Crippen molar-refractivity contribution >= 4 is 28.6 Å². The molecule has 0 unspecified atom stereocenters. The Bertz CT molecular complexity index is 1220. The van der Waals surface area contributed by atoms with Gasteiger partial charge in [0.2, 0.25) is 0 Å². The van der Waals surface area contributed by atoms with Crippen molar-refractivity contribution in [3.63, 3.8) is 0 Å². The van der Waals surface area contributed by atoms with Crippen molar-refractivity contribution in [2.45, 2.75) is 52.0 Å². The predicted octanol–water partition coefficient (Wildman–Crippen LogP) is 6.57. The molecule has 0 radical (unpaired) electrons. The van der Waals surface area contributed by atoms with Crippen LogP contribution in [-0.2, 0) is 0 Å². The molecule has 2 aliphatic carbocycles. The number of benzene rings is 3. The molecular weight excluding hydrogens is 396 g/mol. The van der Waals surface area contributed by atoms with Gasteiger partial charge in [-0.1, -0.05) is 61.2 Å². The van der Waals surface area contributed by atoms with E-state index < -0.39 is 0 Å². The number of carbonyl (C=O) groups excluding carboxylic acids is 2. The summed E-state index contributed by atoms with van der Waals surface area (Å²) in [7, 11) is 0. The molecule has 162 valence electrons. The Balaban J connectivity index is 1.63. The van der Waals surface area contributed by atoms with E-state index in [4.69, 9.17) is 0 Å². The van der Waals surface area contributed by atoms with Crippen molar-refractivity contribution in [3.05, 3.63) is 88.0 Å². The van der Waals surface area contributed by atoms with Crippen LogP contribution in [0.1, 0.15) is 75.1 Å². The molecule has 0 saturated heterocycles. The van der Waals surface area contributed by atoms with E-state index in [2.05, 4.69) is 23.6 Å². The molecule has 1 fully saturated rings. The van der Waals surface area contributed by atoms with Crippen LogP contribution in [-0.4, -0.2) is 17.6 Å². The van der Waals surface area contributed by atoms with Crippen molar-refractivity contribution in [2.75, 3.05) is 10.6 Å². The van der Waals surface area contributed by atoms with Crippen LogP contribution in [0.5, 0.6) is 0 Å². The van der Waals surface area contributed by atoms with E-state index in [0.717, 1.165) is 29.8 Å². The van der Waals surface area contributed by atoms with Gasteiger partial charge >= 0.3 is 0 Å². The minimum absolute atomic E-state index is 0.0854. The molecule has 3 aromatic rings. The summed E-state index contributed by atoms with van der Waals surface area (Å²) in [6.07, 6.45) is 5.84. The molecule has 2 aliphatic rings. The molecule has 1 saturated carbocycles. The Hall–Kier alpha value is -3.40. The van der Waals surface area contributed by atoms with Gasteiger partial charge < -0.3 is 10.6 Å². The summed E-state index contributed by atoms with van der Waals surface area (Å²) in [6, 6.07) is 17.5. The van der Waals surface area contributed by atoms with E-state index in [1.165, 1.54) is 24.8 Å². The first-order valence-electron chi connectivity index (χ1n) is 11.5. The van der Waals surface area contributed by atoms with E-state index in [9.17, 15) is 9.59 Å². The van der Waals surface area contributed by atoms with Crippen molar-refractivity contribution < 1.29 is 9.59 Å². The molecular formula is C28H28N2O2. The van der Waals surface area contributed by atoms with Crippen LogP contribution in [0.25, 0.3) is 0 Å². The van der Waals surface area contributed by atoms with Crippen LogP contribution >= 0.6 is 0 Å². The molecule has 4 nitrogen and oxygen atoms in total. The Morgan fingerprint density at radius 1 is 0.719 bits per heavy atom. The van der Waals surface area contributed by atoms with E-state index in [1.807, 2.05) is 43.3 Å². The molecule has 0 aliphatic heterocycles. The summed E-state index contributed by atoms with van der Waals surface area (Å²) in [5, 5.41) is 7.04. The van der Waals surface area contributed by atoms with Gasteiger partial charge in [0.05, 0.1) is 16.8 Å². The summed E-state index contributed by atoms with van der Waals surface area (Å²) >= 11 is 0. The fourth-order valence-electron chi connectivity index (χ4n) is 5.01. The highest BCUT2D eigenvalue weighted by Crippen LogP contribution is 2.39. The lowest BCUT2D eigenvalue weighted by Crippen LogP contribution is -2.27. The van der Waals surface area contributed by atoms with Gasteiger partial charge in [-0.3, -0.25) is 9.59 Å². The number of carbonyl (C=O) groups is 2. The average Bonchev–Trinajstić information content (AvgIpc) is 2.80. The lowest BCUT2D eigenvalue weighted by molar-refractivity contribution is 0.0980. The molecule has 4 heteroatoms. The van der Waals surface area contributed by atoms with Crippen molar-refractivity contribution in [1.82, 2.24) is 0 Å². The second kappa shape index (κ2) is 8.27. The minimum Gasteiger partial charge on any atom is -0.382 e. The Labute approximate surface area is 189 Å². The number of hydrogen-bond acceptors (Lipinski definition) is 4. The van der Waals surface area contributed by atoms with Gasteiger partial charge in [-0.2, -0.15) is 0 Å². The number of nitrogens with one attached hydrogen (secondary N) is 2. The number of fused-ring (bicyclic) bond motifs is 2. The van der Waals surface area contributed by atoms with Crippen molar-refractivity contribution in [3.8, 4) is 0 Å². The highest BCUT2D eigenvalue weighted by atomic mass is 16.1. The predicted molar refractivity (Wildman–Crippen MR) is 129 cm³/mol. The molecule has 0 atom stereocenters. The third-order valence-corrected chi connectivity index (χ3v) is 6.69. The second-order valence-corrected chi connectivity index (χ2v) is 9.04. The number of anilines is 3. The third-order valence-electron chi connectivity index (χ3n) is 6.69. The third kappa shape index (κ3) is 3.60. The SMILES string of the molecule is Cc1ccc(Nc2ccc(NC3CCCCC3)c3c2C(=O)c2ccccc2C3=O)c(C)c1. The number of aryl methyl sites for hydroxylation is 2. The van der Waals surface area contributed by atoms with Gasteiger partial charge in [-0.15, -0.1) is 0 Å². The van der Waals surface area contributed by atoms with E-state index in [1.54, 1.807) is 12.1 Å². The first-order chi connectivity index (χ1) is 15.5. The summed E-state index contributed by atoms with van der Waals surface area (Å²) in [4.78, 5) is 27.2. The van der Waals surface area contributed by atoms with Crippen LogP contribution in [0.2, 0.25) is 0 Å². The topological polar surface area (TPSA) is 58.2 Å². The van der Waals surface area contributed by atoms with E-state index >= 15 is 0 Å². The highest BCUT2D eigenvalue weighted by Gasteiger charge is 2.34. The lowest BCUT2D eigenvalue weighted by atomic mass is 9.82. The standard InChI is InChI=1S/C28H28N2O2/c1-17-12-13-22(18(2)16-17)30-24-15-14-23(29-19-8-4-3-5-9-19)25-26(24)28(32)21-11-7-6-10-20(21)27(25)31/h6-7,10-16,19,29-30H,3-5,8-9H2,1-2H3. The van der Waals surface area contributed by atoms with Crippen LogP contribution in [0.3, 0.4) is 0 Å². The molecule has 32 heavy (non-hydrogen) atoms. The number of rotatable bonds is 4. The van der Waals surface area contributed by atoms with Gasteiger partial charge in [-0.25, -0.2) is 0 Å². The Kier molecular flexibility index (Phi) is 5.30. The van der Waals surface area contributed by atoms with Gasteiger partial charge in [0.1, 0.15) is 0 Å². The minimum atomic E-state index is -0.102. The Morgan fingerprint density at radius 2 is 1.31 bits per heavy atom. The first kappa shape index (κ1) is 20.5. The second-order valence-electron chi connectivity index (χ2n) is 9.04. The summed E-state index contributed by atoms with van der Waals surface area (Å²) < 4.78 is 0. The van der Waals surface area contributed by atoms with E-state index in [-0.39, 0.29) is 11.6 Å². The fraction of sp³-hybridized carbons (Fsp3) is 0.286. The van der Waals surface area contributed by atoms with Crippen LogP contribution in [0.4, 0.5) is 17.1 Å². The lowest BCUT2D eigenvalue weighted by Gasteiger charge is -2.28. The molecule has 0 heterocycles. The maximum Gasteiger partial charge on any atom is 0.196 e. The smallest absolute Gasteiger partial charge is 0.196 e.